The zero-order valence-corrected chi connectivity index (χ0v) is 15.5. The van der Waals surface area contributed by atoms with Crippen LogP contribution in [0, 0.1) is 5.82 Å². The highest BCUT2D eigenvalue weighted by molar-refractivity contribution is 6.30. The fourth-order valence-electron chi connectivity index (χ4n) is 2.54. The molecule has 2 aromatic carbocycles. The molecular weight excluding hydrogens is 381 g/mol. The molecule has 28 heavy (non-hydrogen) atoms. The minimum atomic E-state index is -0.598. The van der Waals surface area contributed by atoms with E-state index in [2.05, 4.69) is 15.6 Å². The quantitative estimate of drug-likeness (QED) is 0.657. The van der Waals surface area contributed by atoms with E-state index in [1.54, 1.807) is 18.2 Å². The molecule has 3 aromatic rings. The van der Waals surface area contributed by atoms with Crippen LogP contribution in [0.4, 0.5) is 10.1 Å². The van der Waals surface area contributed by atoms with Crippen molar-refractivity contribution in [1.29, 1.82) is 0 Å². The molecule has 0 saturated carbocycles. The minimum Gasteiger partial charge on any atom is -0.350 e. The monoisotopic (exact) mass is 397 g/mol. The van der Waals surface area contributed by atoms with Crippen LogP contribution in [0.1, 0.15) is 26.5 Å². The van der Waals surface area contributed by atoms with E-state index >= 15 is 0 Å². The molecule has 0 saturated heterocycles. The van der Waals surface area contributed by atoms with Crippen LogP contribution in [0.5, 0.6) is 0 Å². The highest BCUT2D eigenvalue weighted by atomic mass is 35.5. The summed E-state index contributed by atoms with van der Waals surface area (Å²) in [5, 5.41) is 5.84. The number of carbonyl (C=O) groups excluding carboxylic acids is 2. The SMILES string of the molecule is O=C(NCCc1cccc(Cl)c1)c1cccc(C(=O)Nc2ccccc2F)n1. The number of carbonyl (C=O) groups is 2. The van der Waals surface area contributed by atoms with E-state index in [-0.39, 0.29) is 17.1 Å². The van der Waals surface area contributed by atoms with Crippen molar-refractivity contribution in [3.8, 4) is 0 Å². The maximum Gasteiger partial charge on any atom is 0.274 e. The summed E-state index contributed by atoms with van der Waals surface area (Å²) in [7, 11) is 0. The van der Waals surface area contributed by atoms with E-state index in [9.17, 15) is 14.0 Å². The largest absolute Gasteiger partial charge is 0.350 e. The maximum absolute atomic E-state index is 13.7. The summed E-state index contributed by atoms with van der Waals surface area (Å²) >= 11 is 5.94. The van der Waals surface area contributed by atoms with Gasteiger partial charge in [-0.3, -0.25) is 9.59 Å². The Bertz CT molecular complexity index is 1010. The standard InChI is InChI=1S/C21H17ClFN3O2/c22-15-6-3-5-14(13-15)11-12-24-20(27)18-9-4-10-19(25-18)21(28)26-17-8-2-1-7-16(17)23/h1-10,13H,11-12H2,(H,24,27)(H,26,28). The van der Waals surface area contributed by atoms with E-state index in [1.807, 2.05) is 18.2 Å². The Hall–Kier alpha value is -3.25. The van der Waals surface area contributed by atoms with Gasteiger partial charge in [0, 0.05) is 11.6 Å². The van der Waals surface area contributed by atoms with Gasteiger partial charge < -0.3 is 10.6 Å². The molecule has 5 nitrogen and oxygen atoms in total. The van der Waals surface area contributed by atoms with Crippen LogP contribution in [0.25, 0.3) is 0 Å². The van der Waals surface area contributed by atoms with Gasteiger partial charge in [-0.05, 0) is 48.4 Å². The average molecular weight is 398 g/mol. The number of amides is 2. The van der Waals surface area contributed by atoms with Crippen LogP contribution >= 0.6 is 11.6 Å². The average Bonchev–Trinajstić information content (AvgIpc) is 2.70. The van der Waals surface area contributed by atoms with Crippen molar-refractivity contribution in [2.45, 2.75) is 6.42 Å². The summed E-state index contributed by atoms with van der Waals surface area (Å²) in [4.78, 5) is 28.7. The zero-order chi connectivity index (χ0) is 19.9. The van der Waals surface area contributed by atoms with E-state index in [0.29, 0.717) is 18.0 Å². The lowest BCUT2D eigenvalue weighted by Gasteiger charge is -2.08. The van der Waals surface area contributed by atoms with E-state index in [0.717, 1.165) is 5.56 Å². The smallest absolute Gasteiger partial charge is 0.274 e. The van der Waals surface area contributed by atoms with E-state index in [4.69, 9.17) is 11.6 Å². The Morgan fingerprint density at radius 3 is 2.39 bits per heavy atom. The number of nitrogens with zero attached hydrogens (tertiary/aromatic N) is 1. The summed E-state index contributed by atoms with van der Waals surface area (Å²) < 4.78 is 13.7. The number of anilines is 1. The van der Waals surface area contributed by atoms with Gasteiger partial charge in [0.25, 0.3) is 11.8 Å². The number of rotatable bonds is 6. The topological polar surface area (TPSA) is 71.1 Å². The first-order chi connectivity index (χ1) is 13.5. The Balaban J connectivity index is 1.61. The number of halogens is 2. The Kier molecular flexibility index (Phi) is 6.34. The fraction of sp³-hybridized carbons (Fsp3) is 0.0952. The first-order valence-corrected chi connectivity index (χ1v) is 8.96. The third kappa shape index (κ3) is 5.14. The van der Waals surface area contributed by atoms with Gasteiger partial charge in [0.15, 0.2) is 0 Å². The maximum atomic E-state index is 13.7. The van der Waals surface area contributed by atoms with Crippen molar-refractivity contribution in [3.05, 3.63) is 94.5 Å². The van der Waals surface area contributed by atoms with Crippen LogP contribution < -0.4 is 10.6 Å². The fourth-order valence-corrected chi connectivity index (χ4v) is 2.75. The number of nitrogens with one attached hydrogen (secondary N) is 2. The molecule has 1 aromatic heterocycles. The van der Waals surface area contributed by atoms with Crippen molar-refractivity contribution >= 4 is 29.1 Å². The Morgan fingerprint density at radius 1 is 0.929 bits per heavy atom. The number of pyridine rings is 1. The second-order valence-electron chi connectivity index (χ2n) is 5.98. The van der Waals surface area contributed by atoms with Gasteiger partial charge in [0.05, 0.1) is 5.69 Å². The third-order valence-electron chi connectivity index (χ3n) is 3.92. The van der Waals surface area contributed by atoms with Crippen molar-refractivity contribution in [3.63, 3.8) is 0 Å². The van der Waals surface area contributed by atoms with Crippen LogP contribution in [-0.4, -0.2) is 23.3 Å². The molecule has 2 amide bonds. The van der Waals surface area contributed by atoms with E-state index in [1.165, 1.54) is 30.3 Å². The molecule has 0 aliphatic carbocycles. The number of hydrogen-bond acceptors (Lipinski definition) is 3. The highest BCUT2D eigenvalue weighted by Gasteiger charge is 2.13. The molecule has 142 valence electrons. The molecule has 0 fully saturated rings. The molecule has 0 radical (unpaired) electrons. The predicted molar refractivity (Wildman–Crippen MR) is 106 cm³/mol. The van der Waals surface area contributed by atoms with Crippen molar-refractivity contribution in [1.82, 2.24) is 10.3 Å². The number of para-hydroxylation sites is 1. The lowest BCUT2D eigenvalue weighted by atomic mass is 10.1. The molecule has 0 aliphatic rings. The van der Waals surface area contributed by atoms with Gasteiger partial charge in [0.1, 0.15) is 17.2 Å². The third-order valence-corrected chi connectivity index (χ3v) is 4.16. The molecule has 7 heteroatoms. The lowest BCUT2D eigenvalue weighted by molar-refractivity contribution is 0.0949. The second-order valence-corrected chi connectivity index (χ2v) is 6.41. The summed E-state index contributed by atoms with van der Waals surface area (Å²) in [6, 6.07) is 17.7. The van der Waals surface area contributed by atoms with Crippen molar-refractivity contribution in [2.24, 2.45) is 0 Å². The minimum absolute atomic E-state index is 0.0192. The number of aromatic nitrogens is 1. The van der Waals surface area contributed by atoms with Crippen molar-refractivity contribution in [2.75, 3.05) is 11.9 Å². The molecule has 1 heterocycles. The van der Waals surface area contributed by atoms with Gasteiger partial charge in [-0.15, -0.1) is 0 Å². The summed E-state index contributed by atoms with van der Waals surface area (Å²) in [6.45, 7) is 0.395. The molecule has 3 rings (SSSR count). The molecule has 0 aliphatic heterocycles. The second kappa shape index (κ2) is 9.10. The van der Waals surface area contributed by atoms with Gasteiger partial charge in [0.2, 0.25) is 0 Å². The predicted octanol–water partition coefficient (Wildman–Crippen LogP) is 4.10. The summed E-state index contributed by atoms with van der Waals surface area (Å²) in [5.41, 5.74) is 1.17. The summed E-state index contributed by atoms with van der Waals surface area (Å²) in [6.07, 6.45) is 0.611. The van der Waals surface area contributed by atoms with Crippen LogP contribution in [0.3, 0.4) is 0 Å². The number of benzene rings is 2. The summed E-state index contributed by atoms with van der Waals surface area (Å²) in [5.74, 6) is -1.55. The highest BCUT2D eigenvalue weighted by Crippen LogP contribution is 2.14. The Labute approximate surface area is 166 Å². The molecule has 0 bridgehead atoms. The van der Waals surface area contributed by atoms with Crippen LogP contribution in [-0.2, 0) is 6.42 Å². The molecular formula is C21H17ClFN3O2. The van der Waals surface area contributed by atoms with Gasteiger partial charge in [-0.1, -0.05) is 41.9 Å². The van der Waals surface area contributed by atoms with Gasteiger partial charge in [-0.2, -0.15) is 0 Å². The van der Waals surface area contributed by atoms with Crippen LogP contribution in [0.15, 0.2) is 66.7 Å². The van der Waals surface area contributed by atoms with Crippen LogP contribution in [0.2, 0.25) is 5.02 Å². The Morgan fingerprint density at radius 2 is 1.64 bits per heavy atom. The molecule has 2 N–H and O–H groups in total. The first kappa shape index (κ1) is 19.5. The van der Waals surface area contributed by atoms with Crippen molar-refractivity contribution < 1.29 is 14.0 Å². The van der Waals surface area contributed by atoms with Gasteiger partial charge >= 0.3 is 0 Å². The number of hydrogen-bond donors (Lipinski definition) is 2. The molecule has 0 unspecified atom stereocenters. The molecule has 0 spiro atoms. The molecule has 0 atom stereocenters. The van der Waals surface area contributed by atoms with Gasteiger partial charge in [-0.25, -0.2) is 9.37 Å². The van der Waals surface area contributed by atoms with E-state index < -0.39 is 17.6 Å². The zero-order valence-electron chi connectivity index (χ0n) is 14.8. The lowest BCUT2D eigenvalue weighted by Crippen LogP contribution is -2.27. The normalized spacial score (nSPS) is 10.4. The first-order valence-electron chi connectivity index (χ1n) is 8.58.